The van der Waals surface area contributed by atoms with Crippen molar-refractivity contribution in [2.24, 2.45) is 5.73 Å². The molecule has 0 aliphatic carbocycles. The van der Waals surface area contributed by atoms with Crippen LogP contribution >= 0.6 is 0 Å². The normalized spacial score (nSPS) is 22.4. The molecule has 0 aromatic carbocycles. The zero-order valence-corrected chi connectivity index (χ0v) is 8.58. The third-order valence-corrected chi connectivity index (χ3v) is 2.55. The van der Waals surface area contributed by atoms with Crippen molar-refractivity contribution < 1.29 is 9.53 Å². The first-order chi connectivity index (χ1) is 6.58. The van der Waals surface area contributed by atoms with Crippen LogP contribution in [0.4, 0.5) is 0 Å². The first-order valence-electron chi connectivity index (χ1n) is 4.88. The second-order valence-corrected chi connectivity index (χ2v) is 3.77. The van der Waals surface area contributed by atoms with E-state index >= 15 is 0 Å². The number of rotatable bonds is 3. The third kappa shape index (κ3) is 2.56. The van der Waals surface area contributed by atoms with Crippen molar-refractivity contribution in [1.29, 1.82) is 0 Å². The van der Waals surface area contributed by atoms with Gasteiger partial charge in [-0.2, -0.15) is 0 Å². The van der Waals surface area contributed by atoms with Crippen molar-refractivity contribution in [2.75, 3.05) is 13.2 Å². The summed E-state index contributed by atoms with van der Waals surface area (Å²) in [5, 5.41) is 2.80. The average molecular weight is 198 g/mol. The van der Waals surface area contributed by atoms with Gasteiger partial charge in [0.25, 0.3) is 0 Å². The predicted molar refractivity (Wildman–Crippen MR) is 54.8 cm³/mol. The molecule has 0 bridgehead atoms. The Kier molecular flexibility index (Phi) is 3.66. The molecule has 0 spiro atoms. The first-order valence-corrected chi connectivity index (χ1v) is 4.88. The topological polar surface area (TPSA) is 64.4 Å². The fraction of sp³-hybridized carbons (Fsp3) is 0.700. The van der Waals surface area contributed by atoms with Gasteiger partial charge in [0.2, 0.25) is 5.91 Å². The molecule has 1 heterocycles. The average Bonchev–Trinajstić information content (AvgIpc) is 2.18. The van der Waals surface area contributed by atoms with Crippen molar-refractivity contribution in [3.63, 3.8) is 0 Å². The molecule has 0 aromatic rings. The number of hydrogen-bond donors (Lipinski definition) is 2. The van der Waals surface area contributed by atoms with Crippen LogP contribution in [0.25, 0.3) is 0 Å². The van der Waals surface area contributed by atoms with Crippen molar-refractivity contribution in [2.45, 2.75) is 31.3 Å². The van der Waals surface area contributed by atoms with E-state index in [1.165, 1.54) is 0 Å². The summed E-state index contributed by atoms with van der Waals surface area (Å²) in [7, 11) is 0. The molecule has 14 heavy (non-hydrogen) atoms. The summed E-state index contributed by atoms with van der Waals surface area (Å²) in [6.45, 7) is 6.59. The van der Waals surface area contributed by atoms with Crippen molar-refractivity contribution in [1.82, 2.24) is 5.32 Å². The largest absolute Gasteiger partial charge is 0.381 e. The van der Waals surface area contributed by atoms with Crippen LogP contribution in [0, 0.1) is 0 Å². The van der Waals surface area contributed by atoms with Crippen LogP contribution in [-0.2, 0) is 9.53 Å². The molecule has 0 aromatic heterocycles. The Morgan fingerprint density at radius 1 is 1.64 bits per heavy atom. The Bertz CT molecular complexity index is 222. The fourth-order valence-electron chi connectivity index (χ4n) is 1.37. The lowest BCUT2D eigenvalue weighted by Gasteiger charge is -2.32. The van der Waals surface area contributed by atoms with Crippen LogP contribution in [0.3, 0.4) is 0 Å². The molecule has 1 unspecified atom stereocenters. The van der Waals surface area contributed by atoms with E-state index in [2.05, 4.69) is 11.9 Å². The standard InChI is InChI=1S/C10H18N2O2/c1-3-8(2)12-9(13)10(11)4-6-14-7-5-10/h3,8H,1,4-7,11H2,2H3,(H,12,13). The van der Waals surface area contributed by atoms with Crippen molar-refractivity contribution >= 4 is 5.91 Å². The number of hydrogen-bond acceptors (Lipinski definition) is 3. The van der Waals surface area contributed by atoms with Gasteiger partial charge in [-0.3, -0.25) is 4.79 Å². The molecule has 1 amide bonds. The Morgan fingerprint density at radius 2 is 2.21 bits per heavy atom. The van der Waals surface area contributed by atoms with Gasteiger partial charge in [-0.05, 0) is 19.8 Å². The summed E-state index contributed by atoms with van der Waals surface area (Å²) in [6.07, 6.45) is 2.85. The molecular formula is C10H18N2O2. The van der Waals surface area contributed by atoms with E-state index in [9.17, 15) is 4.79 Å². The highest BCUT2D eigenvalue weighted by Gasteiger charge is 2.35. The zero-order valence-electron chi connectivity index (χ0n) is 8.58. The second kappa shape index (κ2) is 4.57. The summed E-state index contributed by atoms with van der Waals surface area (Å²) < 4.78 is 5.17. The van der Waals surface area contributed by atoms with Gasteiger partial charge in [0, 0.05) is 19.3 Å². The van der Waals surface area contributed by atoms with Gasteiger partial charge in [-0.25, -0.2) is 0 Å². The number of amides is 1. The lowest BCUT2D eigenvalue weighted by molar-refractivity contribution is -0.130. The summed E-state index contributed by atoms with van der Waals surface area (Å²) in [6, 6.07) is -0.0363. The minimum absolute atomic E-state index is 0.0363. The summed E-state index contributed by atoms with van der Waals surface area (Å²) in [5.41, 5.74) is 5.22. The van der Waals surface area contributed by atoms with Crippen LogP contribution in [0.5, 0.6) is 0 Å². The van der Waals surface area contributed by atoms with E-state index in [1.54, 1.807) is 6.08 Å². The molecule has 4 nitrogen and oxygen atoms in total. The quantitative estimate of drug-likeness (QED) is 0.636. The Balaban J connectivity index is 2.53. The number of carbonyl (C=O) groups excluding carboxylic acids is 1. The van der Waals surface area contributed by atoms with Crippen LogP contribution in [0.2, 0.25) is 0 Å². The highest BCUT2D eigenvalue weighted by molar-refractivity contribution is 5.86. The molecule has 1 aliphatic heterocycles. The Hall–Kier alpha value is -0.870. The molecule has 1 fully saturated rings. The zero-order chi connectivity index (χ0) is 10.6. The van der Waals surface area contributed by atoms with Crippen molar-refractivity contribution in [3.8, 4) is 0 Å². The minimum Gasteiger partial charge on any atom is -0.381 e. The fourth-order valence-corrected chi connectivity index (χ4v) is 1.37. The van der Waals surface area contributed by atoms with Crippen LogP contribution in [0.15, 0.2) is 12.7 Å². The number of ether oxygens (including phenoxy) is 1. The maximum Gasteiger partial charge on any atom is 0.240 e. The molecule has 80 valence electrons. The Morgan fingerprint density at radius 3 is 2.71 bits per heavy atom. The summed E-state index contributed by atoms with van der Waals surface area (Å²) >= 11 is 0. The van der Waals surface area contributed by atoms with Gasteiger partial charge in [0.05, 0.1) is 5.54 Å². The van der Waals surface area contributed by atoms with Gasteiger partial charge in [-0.15, -0.1) is 6.58 Å². The molecule has 0 saturated carbocycles. The van der Waals surface area contributed by atoms with E-state index in [0.717, 1.165) is 0 Å². The van der Waals surface area contributed by atoms with Gasteiger partial charge >= 0.3 is 0 Å². The number of nitrogens with one attached hydrogen (secondary N) is 1. The first kappa shape index (κ1) is 11.2. The lowest BCUT2D eigenvalue weighted by atomic mass is 9.90. The Labute approximate surface area is 84.5 Å². The highest BCUT2D eigenvalue weighted by Crippen LogP contribution is 2.17. The van der Waals surface area contributed by atoms with E-state index in [1.807, 2.05) is 6.92 Å². The maximum absolute atomic E-state index is 11.7. The van der Waals surface area contributed by atoms with E-state index in [-0.39, 0.29) is 11.9 Å². The third-order valence-electron chi connectivity index (χ3n) is 2.55. The monoisotopic (exact) mass is 198 g/mol. The predicted octanol–water partition coefficient (Wildman–Crippen LogP) is 0.185. The lowest BCUT2D eigenvalue weighted by Crippen LogP contribution is -2.58. The molecule has 1 saturated heterocycles. The van der Waals surface area contributed by atoms with E-state index in [0.29, 0.717) is 26.1 Å². The van der Waals surface area contributed by atoms with Gasteiger partial charge in [0.1, 0.15) is 0 Å². The number of carbonyl (C=O) groups is 1. The highest BCUT2D eigenvalue weighted by atomic mass is 16.5. The van der Waals surface area contributed by atoms with E-state index in [4.69, 9.17) is 10.5 Å². The smallest absolute Gasteiger partial charge is 0.240 e. The number of nitrogens with two attached hydrogens (primary N) is 1. The van der Waals surface area contributed by atoms with Gasteiger partial charge in [0.15, 0.2) is 0 Å². The van der Waals surface area contributed by atoms with Gasteiger partial charge < -0.3 is 15.8 Å². The van der Waals surface area contributed by atoms with Crippen molar-refractivity contribution in [3.05, 3.63) is 12.7 Å². The van der Waals surface area contributed by atoms with Crippen LogP contribution < -0.4 is 11.1 Å². The van der Waals surface area contributed by atoms with Gasteiger partial charge in [-0.1, -0.05) is 6.08 Å². The summed E-state index contributed by atoms with van der Waals surface area (Å²) in [5.74, 6) is -0.104. The minimum atomic E-state index is -0.754. The molecular weight excluding hydrogens is 180 g/mol. The molecule has 1 atom stereocenters. The van der Waals surface area contributed by atoms with E-state index < -0.39 is 5.54 Å². The second-order valence-electron chi connectivity index (χ2n) is 3.77. The molecule has 3 N–H and O–H groups in total. The van der Waals surface area contributed by atoms with Crippen LogP contribution in [-0.4, -0.2) is 30.7 Å². The molecule has 4 heteroatoms. The molecule has 0 radical (unpaired) electrons. The maximum atomic E-state index is 11.7. The summed E-state index contributed by atoms with van der Waals surface area (Å²) in [4.78, 5) is 11.7. The van der Waals surface area contributed by atoms with Crippen LogP contribution in [0.1, 0.15) is 19.8 Å². The molecule has 1 aliphatic rings. The SMILES string of the molecule is C=CC(C)NC(=O)C1(N)CCOCC1. The molecule has 1 rings (SSSR count).